The van der Waals surface area contributed by atoms with E-state index in [-0.39, 0.29) is 11.9 Å². The molecule has 1 aromatic carbocycles. The monoisotopic (exact) mass is 281 g/mol. The van der Waals surface area contributed by atoms with Crippen molar-refractivity contribution in [3.8, 4) is 0 Å². The quantitative estimate of drug-likeness (QED) is 0.913. The van der Waals surface area contributed by atoms with Crippen LogP contribution in [0, 0.1) is 5.82 Å². The van der Waals surface area contributed by atoms with Crippen LogP contribution in [0.25, 0.3) is 0 Å². The number of anilines is 1. The average Bonchev–Trinajstić information content (AvgIpc) is 2.47. The molecule has 1 saturated heterocycles. The van der Waals surface area contributed by atoms with E-state index in [1.807, 2.05) is 6.07 Å². The van der Waals surface area contributed by atoms with Gasteiger partial charge in [0.05, 0.1) is 6.61 Å². The Labute approximate surface area is 118 Å². The number of carbonyl (C=O) groups excluding carboxylic acids is 1. The molecule has 0 spiro atoms. The van der Waals surface area contributed by atoms with E-state index in [1.165, 1.54) is 12.1 Å². The van der Waals surface area contributed by atoms with E-state index < -0.39 is 0 Å². The average molecular weight is 281 g/mol. The molecule has 0 radical (unpaired) electrons. The Morgan fingerprint density at radius 3 is 2.60 bits per heavy atom. The zero-order valence-electron chi connectivity index (χ0n) is 11.6. The summed E-state index contributed by atoms with van der Waals surface area (Å²) in [7, 11) is 0. The van der Waals surface area contributed by atoms with Gasteiger partial charge in [-0.1, -0.05) is 0 Å². The summed E-state index contributed by atoms with van der Waals surface area (Å²) >= 11 is 0. The van der Waals surface area contributed by atoms with Gasteiger partial charge >= 0.3 is 6.09 Å². The summed E-state index contributed by atoms with van der Waals surface area (Å²) in [6, 6.07) is 4.83. The zero-order chi connectivity index (χ0) is 14.5. The SMILES string of the molecule is CCOC(=O)N1CCN(c2cc(F)cc(CN)c2)CC1. The molecule has 0 atom stereocenters. The molecular formula is C14H20FN3O2. The third-order valence-corrected chi connectivity index (χ3v) is 3.35. The van der Waals surface area contributed by atoms with E-state index >= 15 is 0 Å². The zero-order valence-corrected chi connectivity index (χ0v) is 11.6. The van der Waals surface area contributed by atoms with Gasteiger partial charge < -0.3 is 20.3 Å². The van der Waals surface area contributed by atoms with Crippen LogP contribution in [0.5, 0.6) is 0 Å². The number of amides is 1. The number of halogens is 1. The van der Waals surface area contributed by atoms with E-state index in [9.17, 15) is 9.18 Å². The third kappa shape index (κ3) is 3.39. The first-order valence-electron chi connectivity index (χ1n) is 6.80. The minimum absolute atomic E-state index is 0.282. The minimum atomic E-state index is -0.283. The highest BCUT2D eigenvalue weighted by Gasteiger charge is 2.22. The molecule has 0 unspecified atom stereocenters. The van der Waals surface area contributed by atoms with Gasteiger partial charge in [-0.2, -0.15) is 0 Å². The lowest BCUT2D eigenvalue weighted by molar-refractivity contribution is 0.105. The number of benzene rings is 1. The molecule has 0 bridgehead atoms. The van der Waals surface area contributed by atoms with Gasteiger partial charge in [0.25, 0.3) is 0 Å². The van der Waals surface area contributed by atoms with Crippen molar-refractivity contribution in [1.29, 1.82) is 0 Å². The maximum atomic E-state index is 13.5. The van der Waals surface area contributed by atoms with Crippen LogP contribution in [-0.2, 0) is 11.3 Å². The van der Waals surface area contributed by atoms with Crippen molar-refractivity contribution in [1.82, 2.24) is 4.90 Å². The van der Waals surface area contributed by atoms with Crippen LogP contribution >= 0.6 is 0 Å². The van der Waals surface area contributed by atoms with Crippen molar-refractivity contribution >= 4 is 11.8 Å². The largest absolute Gasteiger partial charge is 0.450 e. The molecule has 1 fully saturated rings. The highest BCUT2D eigenvalue weighted by Crippen LogP contribution is 2.20. The molecule has 1 amide bonds. The van der Waals surface area contributed by atoms with Crippen molar-refractivity contribution < 1.29 is 13.9 Å². The van der Waals surface area contributed by atoms with Crippen LogP contribution < -0.4 is 10.6 Å². The lowest BCUT2D eigenvalue weighted by Crippen LogP contribution is -2.49. The molecule has 1 aromatic rings. The van der Waals surface area contributed by atoms with Crippen molar-refractivity contribution in [3.05, 3.63) is 29.6 Å². The van der Waals surface area contributed by atoms with Gasteiger partial charge in [0.15, 0.2) is 0 Å². The molecule has 1 aliphatic heterocycles. The van der Waals surface area contributed by atoms with Crippen LogP contribution in [0.4, 0.5) is 14.9 Å². The maximum absolute atomic E-state index is 13.5. The Morgan fingerprint density at radius 2 is 2.00 bits per heavy atom. The first-order chi connectivity index (χ1) is 9.63. The Kier molecular flexibility index (Phi) is 4.79. The second-order valence-corrected chi connectivity index (χ2v) is 4.69. The van der Waals surface area contributed by atoms with Crippen LogP contribution in [0.1, 0.15) is 12.5 Å². The Balaban J connectivity index is 2.00. The van der Waals surface area contributed by atoms with Gasteiger partial charge in [-0.05, 0) is 30.7 Å². The number of carbonyl (C=O) groups is 1. The van der Waals surface area contributed by atoms with Gasteiger partial charge in [0.2, 0.25) is 0 Å². The highest BCUT2D eigenvalue weighted by molar-refractivity contribution is 5.68. The molecule has 5 nitrogen and oxygen atoms in total. The van der Waals surface area contributed by atoms with Crippen molar-refractivity contribution in [2.75, 3.05) is 37.7 Å². The summed E-state index contributed by atoms with van der Waals surface area (Å²) in [5.74, 6) is -0.282. The van der Waals surface area contributed by atoms with Gasteiger partial charge in [0, 0.05) is 38.4 Å². The molecule has 1 aliphatic rings. The van der Waals surface area contributed by atoms with Crippen LogP contribution in [0.15, 0.2) is 18.2 Å². The molecule has 2 N–H and O–H groups in total. The molecule has 0 aromatic heterocycles. The Hall–Kier alpha value is -1.82. The molecule has 6 heteroatoms. The number of ether oxygens (including phenoxy) is 1. The van der Waals surface area contributed by atoms with Crippen LogP contribution in [0.3, 0.4) is 0 Å². The second-order valence-electron chi connectivity index (χ2n) is 4.69. The predicted octanol–water partition coefficient (Wildman–Crippen LogP) is 1.56. The summed E-state index contributed by atoms with van der Waals surface area (Å²) in [6.45, 7) is 4.95. The van der Waals surface area contributed by atoms with Crippen molar-refractivity contribution in [2.45, 2.75) is 13.5 Å². The standard InChI is InChI=1S/C14H20FN3O2/c1-2-20-14(19)18-5-3-17(4-6-18)13-8-11(10-16)7-12(15)9-13/h7-9H,2-6,10,16H2,1H3. The lowest BCUT2D eigenvalue weighted by Gasteiger charge is -2.35. The van der Waals surface area contributed by atoms with E-state index in [1.54, 1.807) is 11.8 Å². The molecule has 0 aliphatic carbocycles. The third-order valence-electron chi connectivity index (χ3n) is 3.35. The predicted molar refractivity (Wildman–Crippen MR) is 75.1 cm³/mol. The topological polar surface area (TPSA) is 58.8 Å². The summed E-state index contributed by atoms with van der Waals surface area (Å²) in [5.41, 5.74) is 7.14. The summed E-state index contributed by atoms with van der Waals surface area (Å²) in [6.07, 6.45) is -0.283. The van der Waals surface area contributed by atoms with Gasteiger partial charge in [-0.25, -0.2) is 9.18 Å². The molecule has 20 heavy (non-hydrogen) atoms. The first kappa shape index (κ1) is 14.6. The van der Waals surface area contributed by atoms with E-state index in [4.69, 9.17) is 10.5 Å². The second kappa shape index (κ2) is 6.56. The Morgan fingerprint density at radius 1 is 1.30 bits per heavy atom. The molecule has 0 saturated carbocycles. The summed E-state index contributed by atoms with van der Waals surface area (Å²) < 4.78 is 18.5. The number of nitrogens with zero attached hydrogens (tertiary/aromatic N) is 2. The fraction of sp³-hybridized carbons (Fsp3) is 0.500. The smallest absolute Gasteiger partial charge is 0.409 e. The van der Waals surface area contributed by atoms with Gasteiger partial charge in [-0.3, -0.25) is 0 Å². The number of hydrogen-bond acceptors (Lipinski definition) is 4. The van der Waals surface area contributed by atoms with Crippen LogP contribution in [0.2, 0.25) is 0 Å². The molecule has 110 valence electrons. The fourth-order valence-electron chi connectivity index (χ4n) is 2.30. The molecular weight excluding hydrogens is 261 g/mol. The number of hydrogen-bond donors (Lipinski definition) is 1. The van der Waals surface area contributed by atoms with E-state index in [0.29, 0.717) is 39.3 Å². The summed E-state index contributed by atoms with van der Waals surface area (Å²) in [4.78, 5) is 15.3. The normalized spacial score (nSPS) is 15.3. The molecule has 1 heterocycles. The van der Waals surface area contributed by atoms with E-state index in [0.717, 1.165) is 11.3 Å². The number of piperazine rings is 1. The molecule has 2 rings (SSSR count). The summed E-state index contributed by atoms with van der Waals surface area (Å²) in [5, 5.41) is 0. The maximum Gasteiger partial charge on any atom is 0.409 e. The minimum Gasteiger partial charge on any atom is -0.450 e. The van der Waals surface area contributed by atoms with Crippen molar-refractivity contribution in [2.24, 2.45) is 5.73 Å². The fourth-order valence-corrected chi connectivity index (χ4v) is 2.30. The number of nitrogens with two attached hydrogens (primary N) is 1. The van der Waals surface area contributed by atoms with Gasteiger partial charge in [0.1, 0.15) is 5.82 Å². The van der Waals surface area contributed by atoms with Gasteiger partial charge in [-0.15, -0.1) is 0 Å². The van der Waals surface area contributed by atoms with E-state index in [2.05, 4.69) is 4.90 Å². The van der Waals surface area contributed by atoms with Crippen molar-refractivity contribution in [3.63, 3.8) is 0 Å². The lowest BCUT2D eigenvalue weighted by atomic mass is 10.1. The van der Waals surface area contributed by atoms with Crippen LogP contribution in [-0.4, -0.2) is 43.8 Å². The Bertz CT molecular complexity index is 473. The first-order valence-corrected chi connectivity index (χ1v) is 6.80. The highest BCUT2D eigenvalue weighted by atomic mass is 19.1. The number of rotatable bonds is 3.